The summed E-state index contributed by atoms with van der Waals surface area (Å²) in [6.45, 7) is 5.66. The Labute approximate surface area is 101 Å². The number of ether oxygens (including phenoxy) is 1. The van der Waals surface area contributed by atoms with Gasteiger partial charge in [0.1, 0.15) is 0 Å². The highest BCUT2D eigenvalue weighted by atomic mass is 16.5. The Kier molecular flexibility index (Phi) is 3.47. The molecule has 94 valence electrons. The first-order valence-electron chi connectivity index (χ1n) is 5.97. The predicted molar refractivity (Wildman–Crippen MR) is 63.7 cm³/mol. The number of aromatic nitrogens is 2. The standard InChI is InChI=1S/C12H19N3O2/c1-8(2)15-11(4-5-14-15)9-6-13-7-10(9)12(16)17-3/h4-5,8-10,13H,6-7H2,1-3H3. The van der Waals surface area contributed by atoms with Crippen LogP contribution in [0.3, 0.4) is 0 Å². The van der Waals surface area contributed by atoms with Crippen LogP contribution in [0.5, 0.6) is 0 Å². The Morgan fingerprint density at radius 1 is 1.59 bits per heavy atom. The van der Waals surface area contributed by atoms with Crippen molar-refractivity contribution in [2.75, 3.05) is 20.2 Å². The summed E-state index contributed by atoms with van der Waals surface area (Å²) in [7, 11) is 1.44. The maximum absolute atomic E-state index is 11.7. The number of hydrogen-bond donors (Lipinski definition) is 1. The molecule has 0 bridgehead atoms. The molecule has 5 heteroatoms. The van der Waals surface area contributed by atoms with E-state index in [0.717, 1.165) is 12.2 Å². The van der Waals surface area contributed by atoms with Crippen molar-refractivity contribution < 1.29 is 9.53 Å². The first kappa shape index (κ1) is 12.1. The molecule has 17 heavy (non-hydrogen) atoms. The van der Waals surface area contributed by atoms with Crippen molar-refractivity contribution in [2.45, 2.75) is 25.8 Å². The van der Waals surface area contributed by atoms with Crippen molar-refractivity contribution in [3.8, 4) is 0 Å². The molecular weight excluding hydrogens is 218 g/mol. The average Bonchev–Trinajstić information content (AvgIpc) is 2.95. The lowest BCUT2D eigenvalue weighted by atomic mass is 9.92. The number of carbonyl (C=O) groups excluding carboxylic acids is 1. The van der Waals surface area contributed by atoms with E-state index < -0.39 is 0 Å². The van der Waals surface area contributed by atoms with Crippen molar-refractivity contribution in [1.29, 1.82) is 0 Å². The highest BCUT2D eigenvalue weighted by Gasteiger charge is 2.36. The fraction of sp³-hybridized carbons (Fsp3) is 0.667. The summed E-state index contributed by atoms with van der Waals surface area (Å²) in [5.74, 6) is -0.0851. The molecular formula is C12H19N3O2. The second kappa shape index (κ2) is 4.87. The number of nitrogens with one attached hydrogen (secondary N) is 1. The Morgan fingerprint density at radius 2 is 2.35 bits per heavy atom. The molecule has 0 aromatic carbocycles. The molecule has 1 fully saturated rings. The molecule has 1 aliphatic heterocycles. The van der Waals surface area contributed by atoms with Crippen LogP contribution in [0, 0.1) is 5.92 Å². The molecule has 2 atom stereocenters. The zero-order valence-electron chi connectivity index (χ0n) is 10.5. The molecule has 2 unspecified atom stereocenters. The van der Waals surface area contributed by atoms with Crippen molar-refractivity contribution in [3.63, 3.8) is 0 Å². The van der Waals surface area contributed by atoms with Crippen LogP contribution in [0.15, 0.2) is 12.3 Å². The molecule has 0 amide bonds. The van der Waals surface area contributed by atoms with Gasteiger partial charge in [-0.15, -0.1) is 0 Å². The normalized spacial score (nSPS) is 24.2. The van der Waals surface area contributed by atoms with Gasteiger partial charge in [0, 0.05) is 36.9 Å². The first-order valence-corrected chi connectivity index (χ1v) is 5.97. The summed E-state index contributed by atoms with van der Waals surface area (Å²) >= 11 is 0. The molecule has 1 aromatic rings. The van der Waals surface area contributed by atoms with Crippen molar-refractivity contribution in [2.24, 2.45) is 5.92 Å². The number of hydrogen-bond acceptors (Lipinski definition) is 4. The van der Waals surface area contributed by atoms with Crippen LogP contribution in [0.2, 0.25) is 0 Å². The van der Waals surface area contributed by atoms with Gasteiger partial charge in [0.05, 0.1) is 13.0 Å². The van der Waals surface area contributed by atoms with Gasteiger partial charge in [0.15, 0.2) is 0 Å². The third-order valence-corrected chi connectivity index (χ3v) is 3.29. The number of rotatable bonds is 3. The lowest BCUT2D eigenvalue weighted by molar-refractivity contribution is -0.145. The fourth-order valence-electron chi connectivity index (χ4n) is 2.44. The molecule has 1 aliphatic rings. The van der Waals surface area contributed by atoms with Crippen LogP contribution in [-0.2, 0) is 9.53 Å². The maximum Gasteiger partial charge on any atom is 0.310 e. The third-order valence-electron chi connectivity index (χ3n) is 3.29. The van der Waals surface area contributed by atoms with Gasteiger partial charge in [-0.2, -0.15) is 5.10 Å². The van der Waals surface area contributed by atoms with Gasteiger partial charge in [-0.25, -0.2) is 0 Å². The summed E-state index contributed by atoms with van der Waals surface area (Å²) < 4.78 is 6.83. The van der Waals surface area contributed by atoms with E-state index in [0.29, 0.717) is 12.6 Å². The molecule has 0 saturated carbocycles. The third kappa shape index (κ3) is 2.20. The van der Waals surface area contributed by atoms with Gasteiger partial charge in [0.2, 0.25) is 0 Å². The minimum absolute atomic E-state index is 0.103. The largest absolute Gasteiger partial charge is 0.469 e. The highest BCUT2D eigenvalue weighted by Crippen LogP contribution is 2.30. The van der Waals surface area contributed by atoms with Gasteiger partial charge in [-0.3, -0.25) is 9.48 Å². The maximum atomic E-state index is 11.7. The first-order chi connectivity index (χ1) is 8.15. The van der Waals surface area contributed by atoms with Crippen LogP contribution in [0.25, 0.3) is 0 Å². The molecule has 1 saturated heterocycles. The van der Waals surface area contributed by atoms with Crippen molar-refractivity contribution >= 4 is 5.97 Å². The van der Waals surface area contributed by atoms with Crippen LogP contribution in [-0.4, -0.2) is 35.9 Å². The van der Waals surface area contributed by atoms with Gasteiger partial charge < -0.3 is 10.1 Å². The lowest BCUT2D eigenvalue weighted by Crippen LogP contribution is -2.25. The Balaban J connectivity index is 2.26. The second-order valence-electron chi connectivity index (χ2n) is 4.69. The van der Waals surface area contributed by atoms with E-state index in [9.17, 15) is 4.79 Å². The fourth-order valence-corrected chi connectivity index (χ4v) is 2.44. The van der Waals surface area contributed by atoms with Crippen LogP contribution in [0.4, 0.5) is 0 Å². The van der Waals surface area contributed by atoms with E-state index in [4.69, 9.17) is 4.74 Å². The van der Waals surface area contributed by atoms with Crippen LogP contribution in [0.1, 0.15) is 31.5 Å². The highest BCUT2D eigenvalue weighted by molar-refractivity contribution is 5.74. The molecule has 0 aliphatic carbocycles. The molecule has 2 heterocycles. The summed E-state index contributed by atoms with van der Waals surface area (Å²) in [5.41, 5.74) is 1.11. The summed E-state index contributed by atoms with van der Waals surface area (Å²) in [5, 5.41) is 7.57. The molecule has 0 radical (unpaired) electrons. The van der Waals surface area contributed by atoms with E-state index in [1.165, 1.54) is 7.11 Å². The van der Waals surface area contributed by atoms with Crippen LogP contribution < -0.4 is 5.32 Å². The SMILES string of the molecule is COC(=O)C1CNCC1c1ccnn1C(C)C. The molecule has 1 N–H and O–H groups in total. The minimum atomic E-state index is -0.142. The van der Waals surface area contributed by atoms with E-state index in [2.05, 4.69) is 24.3 Å². The Hall–Kier alpha value is -1.36. The van der Waals surface area contributed by atoms with Gasteiger partial charge in [0.25, 0.3) is 0 Å². The number of nitrogens with zero attached hydrogens (tertiary/aromatic N) is 2. The number of carbonyl (C=O) groups is 1. The zero-order chi connectivity index (χ0) is 12.4. The molecule has 0 spiro atoms. The minimum Gasteiger partial charge on any atom is -0.469 e. The van der Waals surface area contributed by atoms with Crippen molar-refractivity contribution in [1.82, 2.24) is 15.1 Å². The second-order valence-corrected chi connectivity index (χ2v) is 4.69. The molecule has 2 rings (SSSR count). The number of esters is 1. The Bertz CT molecular complexity index is 400. The number of methoxy groups -OCH3 is 1. The zero-order valence-corrected chi connectivity index (χ0v) is 10.5. The molecule has 1 aromatic heterocycles. The van der Waals surface area contributed by atoms with Gasteiger partial charge >= 0.3 is 5.97 Å². The van der Waals surface area contributed by atoms with E-state index in [1.54, 1.807) is 6.20 Å². The summed E-state index contributed by atoms with van der Waals surface area (Å²) in [6.07, 6.45) is 1.79. The summed E-state index contributed by atoms with van der Waals surface area (Å²) in [6, 6.07) is 2.30. The Morgan fingerprint density at radius 3 is 3.00 bits per heavy atom. The van der Waals surface area contributed by atoms with Crippen LogP contribution >= 0.6 is 0 Å². The van der Waals surface area contributed by atoms with E-state index in [1.807, 2.05) is 10.7 Å². The lowest BCUT2D eigenvalue weighted by Gasteiger charge is -2.19. The summed E-state index contributed by atoms with van der Waals surface area (Å²) in [4.78, 5) is 11.7. The average molecular weight is 237 g/mol. The van der Waals surface area contributed by atoms with Crippen molar-refractivity contribution in [3.05, 3.63) is 18.0 Å². The molecule has 5 nitrogen and oxygen atoms in total. The monoisotopic (exact) mass is 237 g/mol. The quantitative estimate of drug-likeness (QED) is 0.795. The van der Waals surface area contributed by atoms with E-state index in [-0.39, 0.29) is 17.8 Å². The van der Waals surface area contributed by atoms with E-state index >= 15 is 0 Å². The smallest absolute Gasteiger partial charge is 0.310 e. The topological polar surface area (TPSA) is 56.1 Å². The predicted octanol–water partition coefficient (Wildman–Crippen LogP) is 0.940. The van der Waals surface area contributed by atoms with Gasteiger partial charge in [-0.1, -0.05) is 0 Å². The van der Waals surface area contributed by atoms with Gasteiger partial charge in [-0.05, 0) is 19.9 Å².